The average molecular weight is 380 g/mol. The van der Waals surface area contributed by atoms with Crippen molar-refractivity contribution in [2.75, 3.05) is 39.4 Å². The zero-order chi connectivity index (χ0) is 19.3. The molecule has 0 atom stereocenters. The highest BCUT2D eigenvalue weighted by molar-refractivity contribution is 5.31. The number of hydrogen-bond donors (Lipinski definition) is 0. The van der Waals surface area contributed by atoms with Crippen LogP contribution in [-0.2, 0) is 24.9 Å². The first kappa shape index (κ1) is 19.1. The Hall–Kier alpha value is -2.27. The van der Waals surface area contributed by atoms with Gasteiger partial charge in [-0.2, -0.15) is 5.26 Å². The molecule has 3 heterocycles. The molecule has 1 aromatic carbocycles. The van der Waals surface area contributed by atoms with E-state index in [1.54, 1.807) is 0 Å². The number of hydrogen-bond acceptors (Lipinski definition) is 6. The van der Waals surface area contributed by atoms with Gasteiger partial charge in [-0.05, 0) is 43.6 Å². The minimum absolute atomic E-state index is 0.480. The van der Waals surface area contributed by atoms with Gasteiger partial charge in [0.2, 0.25) is 0 Å². The van der Waals surface area contributed by atoms with Crippen LogP contribution in [0.1, 0.15) is 41.5 Å². The molecule has 4 rings (SSSR count). The molecule has 0 spiro atoms. The smallest absolute Gasteiger partial charge is 0.146 e. The number of piperidine rings is 1. The van der Waals surface area contributed by atoms with E-state index in [0.717, 1.165) is 82.5 Å². The van der Waals surface area contributed by atoms with E-state index < -0.39 is 0 Å². The number of nitriles is 1. The molecule has 0 N–H and O–H groups in total. The molecular formula is C21H28N6O. The van der Waals surface area contributed by atoms with Gasteiger partial charge in [-0.15, -0.1) is 10.2 Å². The highest BCUT2D eigenvalue weighted by Crippen LogP contribution is 2.27. The van der Waals surface area contributed by atoms with Gasteiger partial charge in [-0.25, -0.2) is 0 Å². The molecule has 7 nitrogen and oxygen atoms in total. The molecule has 0 bridgehead atoms. The molecule has 2 aliphatic rings. The molecule has 2 aliphatic heterocycles. The van der Waals surface area contributed by atoms with Crippen LogP contribution in [0.25, 0.3) is 0 Å². The summed E-state index contributed by atoms with van der Waals surface area (Å²) in [6, 6.07) is 10.1. The predicted molar refractivity (Wildman–Crippen MR) is 106 cm³/mol. The lowest BCUT2D eigenvalue weighted by Crippen LogP contribution is -2.36. The molecule has 148 valence electrons. The molecule has 7 heteroatoms. The monoisotopic (exact) mass is 380 g/mol. The molecule has 2 fully saturated rings. The predicted octanol–water partition coefficient (Wildman–Crippen LogP) is 1.90. The molecule has 0 amide bonds. The van der Waals surface area contributed by atoms with Crippen LogP contribution in [-0.4, -0.2) is 64.0 Å². The van der Waals surface area contributed by atoms with Gasteiger partial charge in [0.25, 0.3) is 0 Å². The highest BCUT2D eigenvalue weighted by atomic mass is 16.5. The first-order valence-electron chi connectivity index (χ1n) is 10.1. The Morgan fingerprint density at radius 1 is 1.00 bits per heavy atom. The van der Waals surface area contributed by atoms with Crippen molar-refractivity contribution in [2.24, 2.45) is 7.05 Å². The molecule has 28 heavy (non-hydrogen) atoms. The first-order valence-corrected chi connectivity index (χ1v) is 10.1. The second-order valence-corrected chi connectivity index (χ2v) is 7.78. The van der Waals surface area contributed by atoms with Crippen molar-refractivity contribution in [2.45, 2.75) is 31.8 Å². The fourth-order valence-electron chi connectivity index (χ4n) is 4.12. The summed E-state index contributed by atoms with van der Waals surface area (Å²) >= 11 is 0. The maximum Gasteiger partial charge on any atom is 0.146 e. The van der Waals surface area contributed by atoms with Crippen molar-refractivity contribution < 1.29 is 4.74 Å². The summed E-state index contributed by atoms with van der Waals surface area (Å²) in [4.78, 5) is 4.88. The van der Waals surface area contributed by atoms with Gasteiger partial charge in [0, 0.05) is 32.6 Å². The minimum atomic E-state index is 0.480. The Morgan fingerprint density at radius 3 is 2.36 bits per heavy atom. The Bertz CT molecular complexity index is 810. The van der Waals surface area contributed by atoms with E-state index in [2.05, 4.69) is 49.8 Å². The van der Waals surface area contributed by atoms with Crippen molar-refractivity contribution in [3.63, 3.8) is 0 Å². The lowest BCUT2D eigenvalue weighted by molar-refractivity contribution is 0.0326. The average Bonchev–Trinajstić information content (AvgIpc) is 3.10. The third-order valence-electron chi connectivity index (χ3n) is 5.91. The van der Waals surface area contributed by atoms with Gasteiger partial charge in [0.1, 0.15) is 11.6 Å². The summed E-state index contributed by atoms with van der Waals surface area (Å²) in [5.74, 6) is 2.66. The summed E-state index contributed by atoms with van der Waals surface area (Å²) < 4.78 is 7.63. The number of likely N-dealkylation sites (tertiary alicyclic amines) is 1. The Morgan fingerprint density at radius 2 is 1.68 bits per heavy atom. The number of aromatic nitrogens is 3. The fraction of sp³-hybridized carbons (Fsp3) is 0.571. The number of ether oxygens (including phenoxy) is 1. The quantitative estimate of drug-likeness (QED) is 0.789. The van der Waals surface area contributed by atoms with Gasteiger partial charge < -0.3 is 9.30 Å². The fourth-order valence-corrected chi connectivity index (χ4v) is 4.12. The summed E-state index contributed by atoms with van der Waals surface area (Å²) in [6.45, 7) is 7.48. The van der Waals surface area contributed by atoms with E-state index in [1.165, 1.54) is 5.56 Å². The topological polar surface area (TPSA) is 70.2 Å². The molecule has 1 aromatic heterocycles. The van der Waals surface area contributed by atoms with Crippen LogP contribution in [0.2, 0.25) is 0 Å². The molecule has 0 saturated carbocycles. The van der Waals surface area contributed by atoms with Crippen LogP contribution in [0.5, 0.6) is 0 Å². The Labute approximate surface area is 166 Å². The van der Waals surface area contributed by atoms with Crippen LogP contribution in [0.4, 0.5) is 0 Å². The zero-order valence-electron chi connectivity index (χ0n) is 16.5. The van der Waals surface area contributed by atoms with Gasteiger partial charge in [-0.1, -0.05) is 12.1 Å². The largest absolute Gasteiger partial charge is 0.379 e. The number of nitrogens with zero attached hydrogens (tertiary/aromatic N) is 6. The van der Waals surface area contributed by atoms with Crippen LogP contribution in [0.15, 0.2) is 24.3 Å². The Kier molecular flexibility index (Phi) is 6.01. The summed E-state index contributed by atoms with van der Waals surface area (Å²) in [6.07, 6.45) is 2.22. The molecular weight excluding hydrogens is 352 g/mol. The van der Waals surface area contributed by atoms with Crippen LogP contribution < -0.4 is 0 Å². The Balaban J connectivity index is 1.31. The SMILES string of the molecule is Cn1c(CN2CCOCC2)nnc1C1CCN(Cc2ccc(C#N)cc2)CC1. The van der Waals surface area contributed by atoms with Crippen molar-refractivity contribution in [3.05, 3.63) is 47.0 Å². The van der Waals surface area contributed by atoms with Crippen LogP contribution in [0.3, 0.4) is 0 Å². The van der Waals surface area contributed by atoms with E-state index in [0.29, 0.717) is 5.92 Å². The van der Waals surface area contributed by atoms with E-state index >= 15 is 0 Å². The van der Waals surface area contributed by atoms with Crippen molar-refractivity contribution in [1.82, 2.24) is 24.6 Å². The number of morpholine rings is 1. The maximum absolute atomic E-state index is 8.92. The maximum atomic E-state index is 8.92. The molecule has 2 aromatic rings. The van der Waals surface area contributed by atoms with Crippen LogP contribution >= 0.6 is 0 Å². The first-order chi connectivity index (χ1) is 13.7. The van der Waals surface area contributed by atoms with Crippen molar-refractivity contribution >= 4 is 0 Å². The highest BCUT2D eigenvalue weighted by Gasteiger charge is 2.25. The van der Waals surface area contributed by atoms with Gasteiger partial charge in [0.15, 0.2) is 0 Å². The molecule has 0 unspecified atom stereocenters. The number of rotatable bonds is 5. The second kappa shape index (κ2) is 8.82. The molecule has 0 aliphatic carbocycles. The lowest BCUT2D eigenvalue weighted by Gasteiger charge is -2.31. The van der Waals surface area contributed by atoms with Gasteiger partial charge in [-0.3, -0.25) is 9.80 Å². The second-order valence-electron chi connectivity index (χ2n) is 7.78. The van der Waals surface area contributed by atoms with Crippen molar-refractivity contribution in [1.29, 1.82) is 5.26 Å². The van der Waals surface area contributed by atoms with E-state index in [4.69, 9.17) is 10.00 Å². The van der Waals surface area contributed by atoms with E-state index in [1.807, 2.05) is 12.1 Å². The normalized spacial score (nSPS) is 19.6. The van der Waals surface area contributed by atoms with E-state index in [-0.39, 0.29) is 0 Å². The summed E-state index contributed by atoms with van der Waals surface area (Å²) in [7, 11) is 2.11. The molecule has 0 radical (unpaired) electrons. The summed E-state index contributed by atoms with van der Waals surface area (Å²) in [5.41, 5.74) is 1.99. The van der Waals surface area contributed by atoms with Crippen molar-refractivity contribution in [3.8, 4) is 6.07 Å². The number of benzene rings is 1. The van der Waals surface area contributed by atoms with Crippen LogP contribution in [0, 0.1) is 11.3 Å². The minimum Gasteiger partial charge on any atom is -0.379 e. The lowest BCUT2D eigenvalue weighted by atomic mass is 9.95. The third-order valence-corrected chi connectivity index (χ3v) is 5.91. The standard InChI is InChI=1S/C21H28N6O/c1-25-20(16-27-10-12-28-13-11-27)23-24-21(25)19-6-8-26(9-7-19)15-18-4-2-17(14-22)3-5-18/h2-5,19H,6-13,15-16H2,1H3. The zero-order valence-corrected chi connectivity index (χ0v) is 16.5. The molecule has 2 saturated heterocycles. The third kappa shape index (κ3) is 4.41. The van der Waals surface area contributed by atoms with Gasteiger partial charge in [0.05, 0.1) is 31.4 Å². The van der Waals surface area contributed by atoms with E-state index in [9.17, 15) is 0 Å². The summed E-state index contributed by atoms with van der Waals surface area (Å²) in [5, 5.41) is 17.9. The van der Waals surface area contributed by atoms with Gasteiger partial charge >= 0.3 is 0 Å².